The van der Waals surface area contributed by atoms with E-state index in [4.69, 9.17) is 4.74 Å². The van der Waals surface area contributed by atoms with Gasteiger partial charge in [0.2, 0.25) is 12.4 Å². The second kappa shape index (κ2) is 14.9. The third-order valence-corrected chi connectivity index (χ3v) is 8.51. The minimum atomic E-state index is -0.862. The molecule has 0 aliphatic carbocycles. The smallest absolute Gasteiger partial charge is 0.280 e. The van der Waals surface area contributed by atoms with Crippen LogP contribution in [-0.4, -0.2) is 99.5 Å². The van der Waals surface area contributed by atoms with Gasteiger partial charge in [-0.1, -0.05) is 0 Å². The van der Waals surface area contributed by atoms with Gasteiger partial charge in [0, 0.05) is 59.2 Å². The summed E-state index contributed by atoms with van der Waals surface area (Å²) in [6, 6.07) is 4.59. The van der Waals surface area contributed by atoms with Crippen LogP contribution in [0.2, 0.25) is 0 Å². The standard InChI is InChI=1S/C32H38N12O8/c1-41-11-17(36-16-46)7-21(41)29(49)38-19-9-22(43(3)13-19)30(50)37-18-8-20(42(2)12-18)28(48)33-5-4-6-34-32-39-27-26(31(51)40-32)35-15-44(27)25-10-23(47)24(14-45)52-25/h7-9,11-13,15-16,23-25,45,47H,4-6,10,14H2,1-3H3,(H,33,48)(H,36,46)(H,37,50)(H,38,49)(H2,34,39,40,51)/t23-,24+,25+/m0/s1. The van der Waals surface area contributed by atoms with Crippen LogP contribution < -0.4 is 32.1 Å². The van der Waals surface area contributed by atoms with Gasteiger partial charge in [0.15, 0.2) is 11.2 Å². The molecule has 1 fully saturated rings. The number of ether oxygens (including phenoxy) is 1. The number of imidazole rings is 1. The van der Waals surface area contributed by atoms with Crippen molar-refractivity contribution in [2.24, 2.45) is 21.1 Å². The minimum Gasteiger partial charge on any atom is -0.394 e. The van der Waals surface area contributed by atoms with Crippen LogP contribution in [0.25, 0.3) is 11.2 Å². The SMILES string of the molecule is Cn1cc(NC(=O)c2cc(NC(=O)c3cc(NC=O)cn3C)cn2C)cc1C(=O)NCCCNc1nc2c(ncn2[C@H]2C[C@H](O)[C@@H](CO)O2)c(=O)[nH]1. The van der Waals surface area contributed by atoms with Crippen molar-refractivity contribution in [2.75, 3.05) is 41.0 Å². The van der Waals surface area contributed by atoms with Gasteiger partial charge in [-0.15, -0.1) is 0 Å². The molecule has 1 saturated heterocycles. The molecule has 0 aromatic carbocycles. The molecule has 274 valence electrons. The number of hydrogen-bond acceptors (Lipinski definition) is 11. The number of aliphatic hydroxyl groups excluding tert-OH is 2. The molecule has 52 heavy (non-hydrogen) atoms. The molecule has 0 radical (unpaired) electrons. The van der Waals surface area contributed by atoms with Crippen LogP contribution >= 0.6 is 0 Å². The Morgan fingerprint density at radius 3 is 2.13 bits per heavy atom. The first-order chi connectivity index (χ1) is 24.9. The molecule has 1 aliphatic rings. The Morgan fingerprint density at radius 2 is 1.54 bits per heavy atom. The first kappa shape index (κ1) is 35.6. The number of carbonyl (C=O) groups is 4. The number of rotatable bonds is 14. The number of nitrogens with zero attached hydrogens (tertiary/aromatic N) is 6. The molecule has 0 unspecified atom stereocenters. The van der Waals surface area contributed by atoms with E-state index in [9.17, 15) is 34.2 Å². The van der Waals surface area contributed by atoms with Crippen LogP contribution in [0.5, 0.6) is 0 Å². The van der Waals surface area contributed by atoms with Crippen molar-refractivity contribution in [2.45, 2.75) is 31.3 Å². The summed E-state index contributed by atoms with van der Waals surface area (Å²) < 4.78 is 11.9. The van der Waals surface area contributed by atoms with E-state index in [0.717, 1.165) is 0 Å². The summed E-state index contributed by atoms with van der Waals surface area (Å²) >= 11 is 0. The van der Waals surface area contributed by atoms with Crippen LogP contribution in [0.3, 0.4) is 0 Å². The Labute approximate surface area is 294 Å². The molecular weight excluding hydrogens is 680 g/mol. The maximum absolute atomic E-state index is 13.1. The van der Waals surface area contributed by atoms with E-state index >= 15 is 0 Å². The summed E-state index contributed by atoms with van der Waals surface area (Å²) in [5, 5.41) is 33.4. The molecule has 20 heteroatoms. The Bertz CT molecular complexity index is 2190. The van der Waals surface area contributed by atoms with Gasteiger partial charge in [-0.2, -0.15) is 4.98 Å². The number of carbonyl (C=O) groups excluding carboxylic acids is 4. The van der Waals surface area contributed by atoms with Crippen LogP contribution in [0.15, 0.2) is 47.9 Å². The number of anilines is 4. The van der Waals surface area contributed by atoms with Crippen LogP contribution in [0.1, 0.15) is 50.5 Å². The van der Waals surface area contributed by atoms with E-state index in [1.807, 2.05) is 0 Å². The molecule has 0 bridgehead atoms. The minimum absolute atomic E-state index is 0.104. The lowest BCUT2D eigenvalue weighted by molar-refractivity contribution is -0.105. The van der Waals surface area contributed by atoms with Gasteiger partial charge in [-0.05, 0) is 24.6 Å². The zero-order valence-electron chi connectivity index (χ0n) is 28.4. The van der Waals surface area contributed by atoms with E-state index in [1.165, 1.54) is 18.5 Å². The van der Waals surface area contributed by atoms with Crippen molar-refractivity contribution in [3.63, 3.8) is 0 Å². The average Bonchev–Trinajstić information content (AvgIpc) is 3.92. The van der Waals surface area contributed by atoms with Crippen molar-refractivity contribution in [1.29, 1.82) is 0 Å². The molecule has 5 aromatic rings. The van der Waals surface area contributed by atoms with Crippen molar-refractivity contribution in [1.82, 2.24) is 38.5 Å². The van der Waals surface area contributed by atoms with Gasteiger partial charge >= 0.3 is 0 Å². The van der Waals surface area contributed by atoms with Gasteiger partial charge < -0.3 is 55.2 Å². The molecule has 6 rings (SSSR count). The predicted molar refractivity (Wildman–Crippen MR) is 187 cm³/mol. The molecule has 3 atom stereocenters. The van der Waals surface area contributed by atoms with Crippen LogP contribution in [0, 0.1) is 0 Å². The molecule has 8 N–H and O–H groups in total. The van der Waals surface area contributed by atoms with Gasteiger partial charge in [-0.3, -0.25) is 33.5 Å². The highest BCUT2D eigenvalue weighted by atomic mass is 16.5. The normalized spacial score (nSPS) is 16.9. The maximum Gasteiger partial charge on any atom is 0.280 e. The highest BCUT2D eigenvalue weighted by molar-refractivity contribution is 6.07. The second-order valence-corrected chi connectivity index (χ2v) is 12.2. The van der Waals surface area contributed by atoms with E-state index < -0.39 is 35.8 Å². The molecule has 4 amide bonds. The fraction of sp³-hybridized carbons (Fsp3) is 0.344. The molecule has 1 aliphatic heterocycles. The lowest BCUT2D eigenvalue weighted by Gasteiger charge is -2.14. The number of aliphatic hydroxyl groups is 2. The summed E-state index contributed by atoms with van der Waals surface area (Å²) in [7, 11) is 5.00. The fourth-order valence-corrected chi connectivity index (χ4v) is 5.90. The maximum atomic E-state index is 13.1. The number of aryl methyl sites for hydroxylation is 3. The summed E-state index contributed by atoms with van der Waals surface area (Å²) in [6.45, 7) is 0.296. The lowest BCUT2D eigenvalue weighted by Crippen LogP contribution is -2.27. The van der Waals surface area contributed by atoms with Gasteiger partial charge in [0.25, 0.3) is 23.3 Å². The Hall–Kier alpha value is -6.25. The highest BCUT2D eigenvalue weighted by Gasteiger charge is 2.35. The third kappa shape index (κ3) is 7.43. The highest BCUT2D eigenvalue weighted by Crippen LogP contribution is 2.30. The lowest BCUT2D eigenvalue weighted by atomic mass is 10.2. The molecular formula is C32H38N12O8. The molecule has 0 spiro atoms. The number of aromatic amines is 1. The van der Waals surface area contributed by atoms with Gasteiger partial charge in [-0.25, -0.2) is 4.98 Å². The Balaban J connectivity index is 0.995. The number of H-pyrrole nitrogens is 1. The second-order valence-electron chi connectivity index (χ2n) is 12.2. The molecule has 6 heterocycles. The predicted octanol–water partition coefficient (Wildman–Crippen LogP) is 0.0807. The van der Waals surface area contributed by atoms with Crippen molar-refractivity contribution in [3.05, 3.63) is 70.6 Å². The Kier molecular flexibility index (Phi) is 10.2. The first-order valence-electron chi connectivity index (χ1n) is 16.2. The van der Waals surface area contributed by atoms with Crippen LogP contribution in [-0.2, 0) is 30.7 Å². The Morgan fingerprint density at radius 1 is 0.942 bits per heavy atom. The van der Waals surface area contributed by atoms with Crippen molar-refractivity contribution < 1.29 is 34.1 Å². The summed E-state index contributed by atoms with van der Waals surface area (Å²) in [5.74, 6) is -1.06. The van der Waals surface area contributed by atoms with Crippen molar-refractivity contribution in [3.8, 4) is 0 Å². The quantitative estimate of drug-likeness (QED) is 0.0564. The van der Waals surface area contributed by atoms with Gasteiger partial charge in [0.05, 0.1) is 36.1 Å². The average molecular weight is 719 g/mol. The fourth-order valence-electron chi connectivity index (χ4n) is 5.90. The largest absolute Gasteiger partial charge is 0.394 e. The van der Waals surface area contributed by atoms with Crippen LogP contribution in [0.4, 0.5) is 23.0 Å². The van der Waals surface area contributed by atoms with Gasteiger partial charge in [0.1, 0.15) is 29.4 Å². The topological polar surface area (TPSA) is 256 Å². The number of amides is 4. The van der Waals surface area contributed by atoms with E-state index in [2.05, 4.69) is 41.5 Å². The van der Waals surface area contributed by atoms with E-state index in [1.54, 1.807) is 64.1 Å². The molecule has 5 aromatic heterocycles. The van der Waals surface area contributed by atoms with Crippen molar-refractivity contribution >= 4 is 58.3 Å². The number of nitrogens with one attached hydrogen (secondary N) is 6. The number of hydrogen-bond donors (Lipinski definition) is 8. The molecule has 20 nitrogen and oxygen atoms in total. The monoisotopic (exact) mass is 718 g/mol. The summed E-state index contributed by atoms with van der Waals surface area (Å²) in [4.78, 5) is 73.4. The number of aromatic nitrogens is 7. The summed E-state index contributed by atoms with van der Waals surface area (Å²) in [6.07, 6.45) is 5.14. The number of fused-ring (bicyclic) bond motifs is 1. The van der Waals surface area contributed by atoms with E-state index in [0.29, 0.717) is 47.8 Å². The third-order valence-electron chi connectivity index (χ3n) is 8.51. The zero-order chi connectivity index (χ0) is 37.1. The molecule has 0 saturated carbocycles. The zero-order valence-corrected chi connectivity index (χ0v) is 28.4. The first-order valence-corrected chi connectivity index (χ1v) is 16.2. The summed E-state index contributed by atoms with van der Waals surface area (Å²) in [5.41, 5.74) is 2.01. The van der Waals surface area contributed by atoms with E-state index in [-0.39, 0.29) is 48.3 Å².